The Balaban J connectivity index is 1.37. The topological polar surface area (TPSA) is 71.3 Å². The SMILES string of the molecule is O=C(c1cccnc1)N1CC[C@H]2[C@H](CCC(=O)N2CCCn2ccnc2)C1. The second-order valence-electron chi connectivity index (χ2n) is 7.39. The third kappa shape index (κ3) is 3.86. The largest absolute Gasteiger partial charge is 0.339 e. The number of imidazole rings is 1. The molecule has 7 heteroatoms. The normalized spacial score (nSPS) is 22.6. The number of amides is 2. The van der Waals surface area contributed by atoms with Crippen LogP contribution in [0.4, 0.5) is 0 Å². The van der Waals surface area contributed by atoms with Crippen molar-refractivity contribution in [3.63, 3.8) is 0 Å². The summed E-state index contributed by atoms with van der Waals surface area (Å²) in [5.41, 5.74) is 0.639. The Hall–Kier alpha value is -2.70. The fourth-order valence-electron chi connectivity index (χ4n) is 4.34. The van der Waals surface area contributed by atoms with Gasteiger partial charge < -0.3 is 14.4 Å². The Kier molecular flexibility index (Phi) is 5.18. The summed E-state index contributed by atoms with van der Waals surface area (Å²) in [6, 6.07) is 3.86. The summed E-state index contributed by atoms with van der Waals surface area (Å²) in [7, 11) is 0. The van der Waals surface area contributed by atoms with E-state index in [1.54, 1.807) is 24.7 Å². The highest BCUT2D eigenvalue weighted by atomic mass is 16.2. The van der Waals surface area contributed by atoms with E-state index >= 15 is 0 Å². The van der Waals surface area contributed by atoms with Crippen molar-refractivity contribution in [3.8, 4) is 0 Å². The van der Waals surface area contributed by atoms with Crippen LogP contribution in [0.2, 0.25) is 0 Å². The number of hydrogen-bond acceptors (Lipinski definition) is 4. The van der Waals surface area contributed by atoms with E-state index in [4.69, 9.17) is 0 Å². The molecule has 0 spiro atoms. The van der Waals surface area contributed by atoms with Crippen molar-refractivity contribution in [1.29, 1.82) is 0 Å². The molecule has 7 nitrogen and oxygen atoms in total. The van der Waals surface area contributed by atoms with Gasteiger partial charge in [0, 0.05) is 63.4 Å². The minimum atomic E-state index is 0.0464. The monoisotopic (exact) mass is 367 g/mol. The molecule has 0 radical (unpaired) electrons. The number of nitrogens with zero attached hydrogens (tertiary/aromatic N) is 5. The standard InChI is InChI=1S/C20H25N5O2/c26-19-5-4-17-14-24(20(27)16-3-1-7-21-13-16)11-6-18(17)25(19)10-2-9-23-12-8-22-15-23/h1,3,7-8,12-13,15,17-18H,2,4-6,9-11,14H2/t17-,18+/m1/s1. The van der Waals surface area contributed by atoms with Gasteiger partial charge in [0.15, 0.2) is 0 Å². The second-order valence-corrected chi connectivity index (χ2v) is 7.39. The number of piperidine rings is 2. The minimum absolute atomic E-state index is 0.0464. The molecule has 2 aromatic rings. The molecule has 0 N–H and O–H groups in total. The van der Waals surface area contributed by atoms with Crippen LogP contribution in [0.5, 0.6) is 0 Å². The first-order chi connectivity index (χ1) is 13.2. The molecule has 0 bridgehead atoms. The van der Waals surface area contributed by atoms with Crippen molar-refractivity contribution < 1.29 is 9.59 Å². The number of carbonyl (C=O) groups excluding carboxylic acids is 2. The van der Waals surface area contributed by atoms with Crippen molar-refractivity contribution in [1.82, 2.24) is 24.3 Å². The van der Waals surface area contributed by atoms with Gasteiger partial charge in [-0.15, -0.1) is 0 Å². The van der Waals surface area contributed by atoms with E-state index < -0.39 is 0 Å². The van der Waals surface area contributed by atoms with Crippen LogP contribution < -0.4 is 0 Å². The van der Waals surface area contributed by atoms with Gasteiger partial charge >= 0.3 is 0 Å². The molecule has 0 aliphatic carbocycles. The van der Waals surface area contributed by atoms with Crippen LogP contribution in [0.3, 0.4) is 0 Å². The molecule has 4 heterocycles. The molecular weight excluding hydrogens is 342 g/mol. The van der Waals surface area contributed by atoms with Crippen LogP contribution in [-0.2, 0) is 11.3 Å². The van der Waals surface area contributed by atoms with Crippen LogP contribution in [0.25, 0.3) is 0 Å². The lowest BCUT2D eigenvalue weighted by Gasteiger charge is -2.47. The van der Waals surface area contributed by atoms with Gasteiger partial charge in [0.2, 0.25) is 5.91 Å². The molecule has 2 aliphatic heterocycles. The first-order valence-corrected chi connectivity index (χ1v) is 9.67. The number of rotatable bonds is 5. The molecule has 142 valence electrons. The molecule has 2 amide bonds. The lowest BCUT2D eigenvalue weighted by molar-refractivity contribution is -0.140. The quantitative estimate of drug-likeness (QED) is 0.808. The number of aryl methyl sites for hydroxylation is 1. The lowest BCUT2D eigenvalue weighted by atomic mass is 9.83. The summed E-state index contributed by atoms with van der Waals surface area (Å²) in [4.78, 5) is 37.3. The van der Waals surface area contributed by atoms with Crippen LogP contribution >= 0.6 is 0 Å². The van der Waals surface area contributed by atoms with E-state index in [1.807, 2.05) is 28.1 Å². The first-order valence-electron chi connectivity index (χ1n) is 9.67. The summed E-state index contributed by atoms with van der Waals surface area (Å²) >= 11 is 0. The average molecular weight is 367 g/mol. The minimum Gasteiger partial charge on any atom is -0.339 e. The molecule has 4 rings (SSSR count). The van der Waals surface area contributed by atoms with Crippen LogP contribution in [0.15, 0.2) is 43.2 Å². The zero-order valence-electron chi connectivity index (χ0n) is 15.4. The highest BCUT2D eigenvalue weighted by Gasteiger charge is 2.40. The molecular formula is C20H25N5O2. The molecule has 0 aromatic carbocycles. The van der Waals surface area contributed by atoms with Crippen molar-refractivity contribution in [2.24, 2.45) is 5.92 Å². The van der Waals surface area contributed by atoms with Gasteiger partial charge in [0.05, 0.1) is 11.9 Å². The predicted molar refractivity (Wildman–Crippen MR) is 99.8 cm³/mol. The molecule has 2 aromatic heterocycles. The van der Waals surface area contributed by atoms with Crippen molar-refractivity contribution in [3.05, 3.63) is 48.8 Å². The Bertz CT molecular complexity index is 777. The van der Waals surface area contributed by atoms with Gasteiger partial charge in [-0.05, 0) is 37.3 Å². The summed E-state index contributed by atoms with van der Waals surface area (Å²) in [5, 5.41) is 0. The van der Waals surface area contributed by atoms with E-state index in [1.165, 1.54) is 0 Å². The maximum Gasteiger partial charge on any atom is 0.255 e. The van der Waals surface area contributed by atoms with E-state index in [9.17, 15) is 9.59 Å². The molecule has 0 saturated carbocycles. The van der Waals surface area contributed by atoms with Gasteiger partial charge in [-0.25, -0.2) is 4.98 Å². The van der Waals surface area contributed by atoms with Crippen molar-refractivity contribution in [2.45, 2.75) is 38.3 Å². The Labute approximate surface area is 159 Å². The molecule has 2 fully saturated rings. The van der Waals surface area contributed by atoms with Gasteiger partial charge in [-0.2, -0.15) is 0 Å². The van der Waals surface area contributed by atoms with Crippen LogP contribution in [0.1, 0.15) is 36.0 Å². The third-order valence-electron chi connectivity index (χ3n) is 5.71. The van der Waals surface area contributed by atoms with E-state index in [2.05, 4.69) is 14.9 Å². The Morgan fingerprint density at radius 2 is 2.11 bits per heavy atom. The van der Waals surface area contributed by atoms with Crippen LogP contribution in [-0.4, -0.2) is 61.8 Å². The first kappa shape index (κ1) is 17.7. The zero-order chi connectivity index (χ0) is 18.6. The fraction of sp³-hybridized carbons (Fsp3) is 0.500. The highest BCUT2D eigenvalue weighted by Crippen LogP contribution is 2.32. The van der Waals surface area contributed by atoms with Gasteiger partial charge in [-0.1, -0.05) is 0 Å². The zero-order valence-corrected chi connectivity index (χ0v) is 15.4. The lowest BCUT2D eigenvalue weighted by Crippen LogP contribution is -2.57. The maximum atomic E-state index is 12.7. The number of carbonyl (C=O) groups is 2. The van der Waals surface area contributed by atoms with E-state index in [-0.39, 0.29) is 17.9 Å². The van der Waals surface area contributed by atoms with Gasteiger partial charge in [0.1, 0.15) is 0 Å². The Morgan fingerprint density at radius 1 is 1.19 bits per heavy atom. The number of likely N-dealkylation sites (tertiary alicyclic amines) is 2. The second kappa shape index (κ2) is 7.90. The number of fused-ring (bicyclic) bond motifs is 1. The fourth-order valence-corrected chi connectivity index (χ4v) is 4.34. The summed E-state index contributed by atoms with van der Waals surface area (Å²) in [6.07, 6.45) is 12.1. The van der Waals surface area contributed by atoms with Gasteiger partial charge in [-0.3, -0.25) is 14.6 Å². The maximum absolute atomic E-state index is 12.7. The highest BCUT2D eigenvalue weighted by molar-refractivity contribution is 5.94. The van der Waals surface area contributed by atoms with E-state index in [0.717, 1.165) is 38.9 Å². The van der Waals surface area contributed by atoms with Crippen molar-refractivity contribution >= 4 is 11.8 Å². The molecule has 2 atom stereocenters. The smallest absolute Gasteiger partial charge is 0.255 e. The summed E-state index contributed by atoms with van der Waals surface area (Å²) in [5.74, 6) is 0.671. The predicted octanol–water partition coefficient (Wildman–Crippen LogP) is 1.82. The molecule has 2 saturated heterocycles. The molecule has 27 heavy (non-hydrogen) atoms. The van der Waals surface area contributed by atoms with Gasteiger partial charge in [0.25, 0.3) is 5.91 Å². The molecule has 2 aliphatic rings. The summed E-state index contributed by atoms with van der Waals surface area (Å²) < 4.78 is 2.04. The third-order valence-corrected chi connectivity index (χ3v) is 5.71. The number of aromatic nitrogens is 3. The van der Waals surface area contributed by atoms with Crippen LogP contribution in [0, 0.1) is 5.92 Å². The molecule has 0 unspecified atom stereocenters. The number of hydrogen-bond donors (Lipinski definition) is 0. The average Bonchev–Trinajstić information content (AvgIpc) is 3.23. The van der Waals surface area contributed by atoms with E-state index in [0.29, 0.717) is 24.4 Å². The number of pyridine rings is 1. The Morgan fingerprint density at radius 3 is 2.89 bits per heavy atom. The van der Waals surface area contributed by atoms with Crippen molar-refractivity contribution in [2.75, 3.05) is 19.6 Å². The summed E-state index contributed by atoms with van der Waals surface area (Å²) in [6.45, 7) is 3.06.